The van der Waals surface area contributed by atoms with Crippen LogP contribution in [0.5, 0.6) is 0 Å². The minimum atomic E-state index is -0.0904. The molecule has 1 rings (SSSR count). The van der Waals surface area contributed by atoms with Gasteiger partial charge in [0.05, 0.1) is 17.2 Å². The average molecular weight is 304 g/mol. The Balaban J connectivity index is 2.90. The van der Waals surface area contributed by atoms with E-state index in [0.717, 1.165) is 0 Å². The van der Waals surface area contributed by atoms with Gasteiger partial charge in [0.2, 0.25) is 0 Å². The number of hydrogen-bond donors (Lipinski definition) is 0. The molecular formula is C14H19Cl2NO2. The van der Waals surface area contributed by atoms with Crippen LogP contribution in [0.25, 0.3) is 0 Å². The van der Waals surface area contributed by atoms with Gasteiger partial charge in [-0.15, -0.1) is 0 Å². The predicted octanol–water partition coefficient (Wildman–Crippen LogP) is 3.74. The van der Waals surface area contributed by atoms with Gasteiger partial charge in [0.25, 0.3) is 5.91 Å². The van der Waals surface area contributed by atoms with Gasteiger partial charge < -0.3 is 9.64 Å². The Bertz CT molecular complexity index is 435. The first-order valence-corrected chi connectivity index (χ1v) is 6.94. The van der Waals surface area contributed by atoms with Crippen LogP contribution < -0.4 is 0 Å². The van der Waals surface area contributed by atoms with E-state index in [0.29, 0.717) is 41.2 Å². The molecule has 1 amide bonds. The number of carbonyl (C=O) groups excluding carboxylic acids is 1. The lowest BCUT2D eigenvalue weighted by Crippen LogP contribution is -2.36. The van der Waals surface area contributed by atoms with Gasteiger partial charge >= 0.3 is 0 Å². The van der Waals surface area contributed by atoms with Crippen molar-refractivity contribution in [3.05, 3.63) is 33.8 Å². The van der Waals surface area contributed by atoms with Crippen molar-refractivity contribution in [2.75, 3.05) is 26.8 Å². The summed E-state index contributed by atoms with van der Waals surface area (Å²) in [6.07, 6.45) is 0. The Morgan fingerprint density at radius 2 is 2.05 bits per heavy atom. The van der Waals surface area contributed by atoms with Gasteiger partial charge in [-0.1, -0.05) is 37.0 Å². The second-order valence-corrected chi connectivity index (χ2v) is 5.61. The van der Waals surface area contributed by atoms with Gasteiger partial charge in [-0.3, -0.25) is 4.79 Å². The monoisotopic (exact) mass is 303 g/mol. The average Bonchev–Trinajstić information content (AvgIpc) is 2.33. The van der Waals surface area contributed by atoms with Gasteiger partial charge in [-0.25, -0.2) is 0 Å². The van der Waals surface area contributed by atoms with E-state index in [2.05, 4.69) is 13.8 Å². The normalized spacial score (nSPS) is 10.8. The summed E-state index contributed by atoms with van der Waals surface area (Å²) in [4.78, 5) is 14.2. The van der Waals surface area contributed by atoms with E-state index in [1.54, 1.807) is 30.2 Å². The lowest BCUT2D eigenvalue weighted by molar-refractivity contribution is 0.0672. The number of carbonyl (C=O) groups is 1. The lowest BCUT2D eigenvalue weighted by Gasteiger charge is -2.24. The Hall–Kier alpha value is -0.770. The Morgan fingerprint density at radius 3 is 2.58 bits per heavy atom. The number of rotatable bonds is 6. The highest BCUT2D eigenvalue weighted by Gasteiger charge is 2.19. The third kappa shape index (κ3) is 5.01. The summed E-state index contributed by atoms with van der Waals surface area (Å²) in [6, 6.07) is 4.91. The molecule has 0 spiro atoms. The fourth-order valence-electron chi connectivity index (χ4n) is 1.75. The summed E-state index contributed by atoms with van der Waals surface area (Å²) in [7, 11) is 1.62. The summed E-state index contributed by atoms with van der Waals surface area (Å²) >= 11 is 11.9. The van der Waals surface area contributed by atoms with Crippen LogP contribution in [0.15, 0.2) is 18.2 Å². The van der Waals surface area contributed by atoms with Gasteiger partial charge in [-0.05, 0) is 24.1 Å². The molecule has 19 heavy (non-hydrogen) atoms. The van der Waals surface area contributed by atoms with E-state index in [1.165, 1.54) is 0 Å². The van der Waals surface area contributed by atoms with Crippen LogP contribution in [0.3, 0.4) is 0 Å². The van der Waals surface area contributed by atoms with Crippen LogP contribution in [-0.4, -0.2) is 37.6 Å². The smallest absolute Gasteiger partial charge is 0.255 e. The quantitative estimate of drug-likeness (QED) is 0.801. The fourth-order valence-corrected chi connectivity index (χ4v) is 2.24. The minimum absolute atomic E-state index is 0.0904. The van der Waals surface area contributed by atoms with Crippen LogP contribution in [-0.2, 0) is 4.74 Å². The molecule has 0 saturated heterocycles. The number of benzene rings is 1. The van der Waals surface area contributed by atoms with Gasteiger partial charge in [0, 0.05) is 25.2 Å². The second kappa shape index (κ2) is 7.73. The van der Waals surface area contributed by atoms with Crippen molar-refractivity contribution < 1.29 is 9.53 Å². The number of amides is 1. The number of ether oxygens (including phenoxy) is 1. The zero-order valence-corrected chi connectivity index (χ0v) is 13.0. The highest BCUT2D eigenvalue weighted by molar-refractivity contribution is 6.36. The molecule has 106 valence electrons. The minimum Gasteiger partial charge on any atom is -0.383 e. The van der Waals surface area contributed by atoms with Crippen molar-refractivity contribution in [2.45, 2.75) is 13.8 Å². The molecule has 1 aromatic rings. The van der Waals surface area contributed by atoms with E-state index in [1.807, 2.05) is 0 Å². The van der Waals surface area contributed by atoms with Gasteiger partial charge in [0.1, 0.15) is 0 Å². The number of nitrogens with zero attached hydrogens (tertiary/aromatic N) is 1. The zero-order chi connectivity index (χ0) is 14.4. The lowest BCUT2D eigenvalue weighted by atomic mass is 10.1. The molecule has 0 saturated carbocycles. The number of hydrogen-bond acceptors (Lipinski definition) is 2. The maximum Gasteiger partial charge on any atom is 0.255 e. The maximum atomic E-state index is 12.5. The summed E-state index contributed by atoms with van der Waals surface area (Å²) in [5, 5.41) is 0.900. The Labute approximate surface area is 124 Å². The molecule has 0 fully saturated rings. The molecule has 0 heterocycles. The molecule has 0 unspecified atom stereocenters. The van der Waals surface area contributed by atoms with Crippen molar-refractivity contribution in [2.24, 2.45) is 5.92 Å². The molecule has 0 aliphatic heterocycles. The standard InChI is InChI=1S/C14H19Cl2NO2/c1-10(2)9-17(6-7-19-3)14(18)12-5-4-11(15)8-13(12)16/h4-5,8,10H,6-7,9H2,1-3H3. The first kappa shape index (κ1) is 16.3. The first-order chi connectivity index (χ1) is 8.95. The highest BCUT2D eigenvalue weighted by Crippen LogP contribution is 2.22. The van der Waals surface area contributed by atoms with Crippen LogP contribution in [0.4, 0.5) is 0 Å². The van der Waals surface area contributed by atoms with E-state index < -0.39 is 0 Å². The van der Waals surface area contributed by atoms with E-state index in [4.69, 9.17) is 27.9 Å². The molecule has 0 aliphatic carbocycles. The maximum absolute atomic E-state index is 12.5. The van der Waals surface area contributed by atoms with Gasteiger partial charge in [-0.2, -0.15) is 0 Å². The third-order valence-corrected chi connectivity index (χ3v) is 3.15. The fraction of sp³-hybridized carbons (Fsp3) is 0.500. The van der Waals surface area contributed by atoms with Gasteiger partial charge in [0.15, 0.2) is 0 Å². The highest BCUT2D eigenvalue weighted by atomic mass is 35.5. The predicted molar refractivity (Wildman–Crippen MR) is 79.1 cm³/mol. The molecule has 0 N–H and O–H groups in total. The second-order valence-electron chi connectivity index (χ2n) is 4.76. The summed E-state index contributed by atoms with van der Waals surface area (Å²) in [5.41, 5.74) is 0.475. The first-order valence-electron chi connectivity index (χ1n) is 6.19. The summed E-state index contributed by atoms with van der Waals surface area (Å²) in [5.74, 6) is 0.291. The molecule has 3 nitrogen and oxygen atoms in total. The Morgan fingerprint density at radius 1 is 1.37 bits per heavy atom. The summed E-state index contributed by atoms with van der Waals surface area (Å²) < 4.78 is 5.04. The zero-order valence-electron chi connectivity index (χ0n) is 11.5. The van der Waals surface area contributed by atoms with Crippen molar-refractivity contribution in [3.8, 4) is 0 Å². The van der Waals surface area contributed by atoms with Crippen molar-refractivity contribution in [1.29, 1.82) is 0 Å². The molecule has 5 heteroatoms. The van der Waals surface area contributed by atoms with Crippen LogP contribution in [0.1, 0.15) is 24.2 Å². The van der Waals surface area contributed by atoms with Crippen molar-refractivity contribution in [1.82, 2.24) is 4.90 Å². The Kier molecular flexibility index (Phi) is 6.63. The van der Waals surface area contributed by atoms with Crippen molar-refractivity contribution >= 4 is 29.1 Å². The third-order valence-electron chi connectivity index (χ3n) is 2.60. The largest absolute Gasteiger partial charge is 0.383 e. The molecule has 0 aliphatic rings. The summed E-state index contributed by atoms with van der Waals surface area (Å²) in [6.45, 7) is 5.85. The van der Waals surface area contributed by atoms with E-state index in [9.17, 15) is 4.79 Å². The van der Waals surface area contributed by atoms with E-state index in [-0.39, 0.29) is 5.91 Å². The topological polar surface area (TPSA) is 29.5 Å². The number of halogens is 2. The molecule has 0 bridgehead atoms. The molecule has 0 aromatic heterocycles. The van der Waals surface area contributed by atoms with E-state index >= 15 is 0 Å². The molecule has 0 radical (unpaired) electrons. The van der Waals surface area contributed by atoms with Crippen molar-refractivity contribution in [3.63, 3.8) is 0 Å². The molecular weight excluding hydrogens is 285 g/mol. The van der Waals surface area contributed by atoms with Crippen LogP contribution in [0, 0.1) is 5.92 Å². The van der Waals surface area contributed by atoms with Crippen LogP contribution >= 0.6 is 23.2 Å². The molecule has 0 atom stereocenters. The molecule has 1 aromatic carbocycles. The number of methoxy groups -OCH3 is 1. The van der Waals surface area contributed by atoms with Crippen LogP contribution in [0.2, 0.25) is 10.0 Å². The SMILES string of the molecule is COCCN(CC(C)C)C(=O)c1ccc(Cl)cc1Cl.